The lowest BCUT2D eigenvalue weighted by molar-refractivity contribution is -0.268. The van der Waals surface area contributed by atoms with E-state index in [4.69, 9.17) is 10.8 Å². The molecule has 1 atom stereocenters. The van der Waals surface area contributed by atoms with Gasteiger partial charge in [-0.2, -0.15) is 0 Å². The van der Waals surface area contributed by atoms with Crippen molar-refractivity contribution in [3.05, 3.63) is 0 Å². The zero-order valence-electron chi connectivity index (χ0n) is 9.54. The van der Waals surface area contributed by atoms with Gasteiger partial charge in [0, 0.05) is 0 Å². The number of hydrogen-bond acceptors (Lipinski definition) is 2. The first-order valence-electron chi connectivity index (χ1n) is 5.21. The Morgan fingerprint density at radius 3 is 2.00 bits per heavy atom. The van der Waals surface area contributed by atoms with Crippen LogP contribution in [0.4, 0.5) is 0 Å². The van der Waals surface area contributed by atoms with Crippen LogP contribution in [0.1, 0.15) is 40.0 Å². The van der Waals surface area contributed by atoms with Crippen molar-refractivity contribution in [3.8, 4) is 0 Å². The summed E-state index contributed by atoms with van der Waals surface area (Å²) in [6.45, 7) is 6.72. The minimum Gasteiger partial charge on any atom is -0.480 e. The fraction of sp³-hybridized carbons (Fsp3) is 0.909. The topological polar surface area (TPSA) is 63.3 Å². The monoisotopic (exact) mass is 233 g/mol. The molecule has 0 aliphatic heterocycles. The molecule has 3 aliphatic rings. The Morgan fingerprint density at radius 1 is 1.33 bits per heavy atom. The molecule has 3 N–H and O–H groups in total. The van der Waals surface area contributed by atoms with Gasteiger partial charge in [0.25, 0.3) is 0 Å². The molecule has 3 aliphatic carbocycles. The highest BCUT2D eigenvalue weighted by Crippen LogP contribution is 2.79. The van der Waals surface area contributed by atoms with Crippen LogP contribution in [0.2, 0.25) is 0 Å². The maximum absolute atomic E-state index is 10.8. The summed E-state index contributed by atoms with van der Waals surface area (Å²) in [5, 5.41) is 8.87. The number of halogens is 1. The van der Waals surface area contributed by atoms with Crippen molar-refractivity contribution in [2.45, 2.75) is 46.1 Å². The van der Waals surface area contributed by atoms with Crippen LogP contribution in [-0.2, 0) is 4.79 Å². The van der Waals surface area contributed by atoms with E-state index in [1.54, 1.807) is 0 Å². The molecule has 0 spiro atoms. The molecule has 4 heteroatoms. The SMILES string of the molecule is CC(C)(C)C12CC([C@H](N)C(=O)O)(C1)C2.Cl. The Labute approximate surface area is 96.8 Å². The standard InChI is InChI=1S/C11H19NO2.ClH/c1-9(2,3)11-4-10(5-11,6-11)7(12)8(13)14;/h7H,4-6,12H2,1-3H3,(H,13,14);1H/t7-,10?,11?;/m1./s1. The van der Waals surface area contributed by atoms with Gasteiger partial charge in [-0.15, -0.1) is 12.4 Å². The van der Waals surface area contributed by atoms with Gasteiger partial charge in [0.05, 0.1) is 0 Å². The van der Waals surface area contributed by atoms with Crippen molar-refractivity contribution < 1.29 is 9.90 Å². The van der Waals surface area contributed by atoms with Crippen LogP contribution in [0.3, 0.4) is 0 Å². The van der Waals surface area contributed by atoms with Crippen LogP contribution >= 0.6 is 12.4 Å². The van der Waals surface area contributed by atoms with Crippen LogP contribution < -0.4 is 5.73 Å². The number of aliphatic carboxylic acids is 1. The van der Waals surface area contributed by atoms with Crippen LogP contribution in [0, 0.1) is 16.2 Å². The summed E-state index contributed by atoms with van der Waals surface area (Å²) < 4.78 is 0. The summed E-state index contributed by atoms with van der Waals surface area (Å²) >= 11 is 0. The van der Waals surface area contributed by atoms with Gasteiger partial charge in [-0.3, -0.25) is 4.79 Å². The average Bonchev–Trinajstić information content (AvgIpc) is 1.76. The minimum absolute atomic E-state index is 0. The predicted octanol–water partition coefficient (Wildman–Crippen LogP) is 2.04. The molecule has 0 saturated heterocycles. The summed E-state index contributed by atoms with van der Waals surface area (Å²) in [4.78, 5) is 10.8. The lowest BCUT2D eigenvalue weighted by Gasteiger charge is -2.76. The molecule has 0 aromatic rings. The number of nitrogens with two attached hydrogens (primary N) is 1. The second-order valence-electron chi connectivity index (χ2n) is 6.24. The lowest BCUT2D eigenvalue weighted by atomic mass is 9.28. The minimum atomic E-state index is -0.841. The second kappa shape index (κ2) is 3.11. The van der Waals surface area contributed by atoms with E-state index in [1.165, 1.54) is 0 Å². The largest absolute Gasteiger partial charge is 0.480 e. The number of hydrogen-bond donors (Lipinski definition) is 2. The van der Waals surface area contributed by atoms with Crippen LogP contribution in [0.5, 0.6) is 0 Å². The van der Waals surface area contributed by atoms with Gasteiger partial charge in [-0.1, -0.05) is 20.8 Å². The van der Waals surface area contributed by atoms with E-state index >= 15 is 0 Å². The summed E-state index contributed by atoms with van der Waals surface area (Å²) in [5.74, 6) is -0.841. The van der Waals surface area contributed by atoms with Gasteiger partial charge >= 0.3 is 5.97 Å². The molecule has 3 saturated carbocycles. The van der Waals surface area contributed by atoms with Crippen molar-refractivity contribution in [2.75, 3.05) is 0 Å². The fourth-order valence-corrected chi connectivity index (χ4v) is 3.25. The molecule has 0 unspecified atom stereocenters. The lowest BCUT2D eigenvalue weighted by Crippen LogP contribution is -2.73. The Balaban J connectivity index is 0.00000112. The van der Waals surface area contributed by atoms with Gasteiger partial charge in [0.1, 0.15) is 6.04 Å². The van der Waals surface area contributed by atoms with Crippen molar-refractivity contribution in [2.24, 2.45) is 22.0 Å². The molecule has 0 radical (unpaired) electrons. The van der Waals surface area contributed by atoms with Gasteiger partial charge in [-0.05, 0) is 35.5 Å². The first-order valence-corrected chi connectivity index (χ1v) is 5.21. The molecular weight excluding hydrogens is 214 g/mol. The average molecular weight is 234 g/mol. The third kappa shape index (κ3) is 1.40. The summed E-state index contributed by atoms with van der Waals surface area (Å²) in [6, 6.07) is -0.647. The Kier molecular flexibility index (Phi) is 2.65. The molecule has 0 aromatic carbocycles. The van der Waals surface area contributed by atoms with Gasteiger partial charge < -0.3 is 10.8 Å². The number of rotatable bonds is 2. The molecule has 0 heterocycles. The summed E-state index contributed by atoms with van der Waals surface area (Å²) in [7, 11) is 0. The smallest absolute Gasteiger partial charge is 0.321 e. The predicted molar refractivity (Wildman–Crippen MR) is 61.0 cm³/mol. The van der Waals surface area contributed by atoms with E-state index in [0.717, 1.165) is 19.3 Å². The van der Waals surface area contributed by atoms with E-state index in [1.807, 2.05) is 0 Å². The quantitative estimate of drug-likeness (QED) is 0.767. The molecule has 3 fully saturated rings. The molecule has 15 heavy (non-hydrogen) atoms. The molecule has 88 valence electrons. The van der Waals surface area contributed by atoms with E-state index < -0.39 is 12.0 Å². The molecule has 2 bridgehead atoms. The Bertz CT molecular complexity index is 276. The normalized spacial score (nSPS) is 39.5. The van der Waals surface area contributed by atoms with Crippen LogP contribution in [0.25, 0.3) is 0 Å². The zero-order chi connectivity index (χ0) is 10.8. The first kappa shape index (κ1) is 12.8. The van der Waals surface area contributed by atoms with Gasteiger partial charge in [0.15, 0.2) is 0 Å². The van der Waals surface area contributed by atoms with E-state index in [9.17, 15) is 4.79 Å². The third-order valence-corrected chi connectivity index (χ3v) is 4.59. The van der Waals surface area contributed by atoms with E-state index in [-0.39, 0.29) is 17.8 Å². The highest BCUT2D eigenvalue weighted by atomic mass is 35.5. The maximum Gasteiger partial charge on any atom is 0.321 e. The number of carbonyl (C=O) groups is 1. The van der Waals surface area contributed by atoms with Crippen molar-refractivity contribution in [3.63, 3.8) is 0 Å². The number of carboxylic acid groups (broad SMARTS) is 1. The zero-order valence-corrected chi connectivity index (χ0v) is 10.4. The van der Waals surface area contributed by atoms with E-state index in [2.05, 4.69) is 20.8 Å². The second-order valence-corrected chi connectivity index (χ2v) is 6.24. The molecule has 3 nitrogen and oxygen atoms in total. The molecule has 0 amide bonds. The first-order chi connectivity index (χ1) is 6.23. The van der Waals surface area contributed by atoms with E-state index in [0.29, 0.717) is 10.8 Å². The van der Waals surface area contributed by atoms with Crippen LogP contribution in [0.15, 0.2) is 0 Å². The molecular formula is C11H20ClNO2. The van der Waals surface area contributed by atoms with Gasteiger partial charge in [0.2, 0.25) is 0 Å². The van der Waals surface area contributed by atoms with Crippen molar-refractivity contribution in [1.82, 2.24) is 0 Å². The Hall–Kier alpha value is -0.280. The third-order valence-electron chi connectivity index (χ3n) is 4.59. The number of carboxylic acids is 1. The van der Waals surface area contributed by atoms with Gasteiger partial charge in [-0.25, -0.2) is 0 Å². The van der Waals surface area contributed by atoms with Crippen molar-refractivity contribution >= 4 is 18.4 Å². The molecule has 3 rings (SSSR count). The van der Waals surface area contributed by atoms with Crippen molar-refractivity contribution in [1.29, 1.82) is 0 Å². The highest BCUT2D eigenvalue weighted by Gasteiger charge is 2.74. The Morgan fingerprint density at radius 2 is 1.73 bits per heavy atom. The fourth-order valence-electron chi connectivity index (χ4n) is 3.25. The maximum atomic E-state index is 10.8. The highest BCUT2D eigenvalue weighted by molar-refractivity contribution is 5.85. The summed E-state index contributed by atoms with van der Waals surface area (Å²) in [6.07, 6.45) is 3.03. The van der Waals surface area contributed by atoms with Crippen LogP contribution in [-0.4, -0.2) is 17.1 Å². The molecule has 0 aromatic heterocycles. The summed E-state index contributed by atoms with van der Waals surface area (Å²) in [5.41, 5.74) is 6.33.